The van der Waals surface area contributed by atoms with Crippen molar-refractivity contribution in [1.82, 2.24) is 10.3 Å². The highest BCUT2D eigenvalue weighted by molar-refractivity contribution is 9.10. The largest absolute Gasteiger partial charge is 0.492 e. The van der Waals surface area contributed by atoms with Gasteiger partial charge in [-0.05, 0) is 51.8 Å². The Morgan fingerprint density at radius 3 is 2.85 bits per heavy atom. The first-order chi connectivity index (χ1) is 9.79. The topological polar surface area (TPSA) is 34.1 Å². The van der Waals surface area contributed by atoms with Gasteiger partial charge in [0.1, 0.15) is 5.75 Å². The first kappa shape index (κ1) is 15.0. The van der Waals surface area contributed by atoms with Crippen LogP contribution in [0.3, 0.4) is 0 Å². The van der Waals surface area contributed by atoms with Crippen molar-refractivity contribution >= 4 is 15.9 Å². The maximum atomic E-state index is 5.81. The molecule has 0 unspecified atom stereocenters. The van der Waals surface area contributed by atoms with Gasteiger partial charge in [-0.25, -0.2) is 0 Å². The van der Waals surface area contributed by atoms with Gasteiger partial charge in [-0.15, -0.1) is 0 Å². The van der Waals surface area contributed by atoms with E-state index in [2.05, 4.69) is 51.4 Å². The van der Waals surface area contributed by atoms with Gasteiger partial charge in [0.15, 0.2) is 0 Å². The van der Waals surface area contributed by atoms with E-state index in [1.165, 1.54) is 11.1 Å². The molecule has 1 heterocycles. The summed E-state index contributed by atoms with van der Waals surface area (Å²) in [4.78, 5) is 4.10. The number of nitrogens with one attached hydrogen (secondary N) is 1. The van der Waals surface area contributed by atoms with Crippen LogP contribution in [0.15, 0.2) is 47.2 Å². The Bertz CT molecular complexity index is 531. The number of halogens is 1. The average Bonchev–Trinajstić information content (AvgIpc) is 2.48. The Kier molecular flexibility index (Phi) is 6.02. The van der Waals surface area contributed by atoms with E-state index in [-0.39, 0.29) is 0 Å². The van der Waals surface area contributed by atoms with E-state index in [9.17, 15) is 0 Å². The zero-order valence-electron chi connectivity index (χ0n) is 11.6. The van der Waals surface area contributed by atoms with Crippen LogP contribution >= 0.6 is 15.9 Å². The number of aromatic nitrogens is 1. The number of benzene rings is 1. The maximum Gasteiger partial charge on any atom is 0.133 e. The zero-order chi connectivity index (χ0) is 14.2. The normalized spacial score (nSPS) is 10.5. The van der Waals surface area contributed by atoms with Crippen LogP contribution < -0.4 is 10.1 Å². The fourth-order valence-electron chi connectivity index (χ4n) is 1.87. The highest BCUT2D eigenvalue weighted by Gasteiger charge is 2.03. The second kappa shape index (κ2) is 8.02. The standard InChI is InChI=1S/C16H19BrN2O/c1-2-18-12-14-5-6-16(15(17)10-14)20-9-7-13-4-3-8-19-11-13/h3-6,8,10-11,18H,2,7,9,12H2,1H3. The van der Waals surface area contributed by atoms with Gasteiger partial charge in [0.25, 0.3) is 0 Å². The number of nitrogens with zero attached hydrogens (tertiary/aromatic N) is 1. The van der Waals surface area contributed by atoms with Gasteiger partial charge in [0.05, 0.1) is 11.1 Å². The molecule has 0 fully saturated rings. The quantitative estimate of drug-likeness (QED) is 0.840. The lowest BCUT2D eigenvalue weighted by Crippen LogP contribution is -2.11. The minimum absolute atomic E-state index is 0.650. The van der Waals surface area contributed by atoms with Crippen molar-refractivity contribution in [3.63, 3.8) is 0 Å². The Balaban J connectivity index is 1.86. The summed E-state index contributed by atoms with van der Waals surface area (Å²) in [5, 5.41) is 3.31. The van der Waals surface area contributed by atoms with Crippen LogP contribution in [-0.2, 0) is 13.0 Å². The Hall–Kier alpha value is -1.39. The van der Waals surface area contributed by atoms with E-state index in [1.54, 1.807) is 6.20 Å². The van der Waals surface area contributed by atoms with Crippen LogP contribution in [0.1, 0.15) is 18.1 Å². The Morgan fingerprint density at radius 2 is 2.15 bits per heavy atom. The fourth-order valence-corrected chi connectivity index (χ4v) is 2.41. The lowest BCUT2D eigenvalue weighted by atomic mass is 10.2. The number of ether oxygens (including phenoxy) is 1. The summed E-state index contributed by atoms with van der Waals surface area (Å²) in [6, 6.07) is 10.2. The first-order valence-electron chi connectivity index (χ1n) is 6.80. The molecule has 0 atom stereocenters. The summed E-state index contributed by atoms with van der Waals surface area (Å²) in [6.45, 7) is 4.61. The molecule has 0 saturated carbocycles. The third-order valence-corrected chi connectivity index (χ3v) is 3.57. The lowest BCUT2D eigenvalue weighted by molar-refractivity contribution is 0.319. The molecule has 0 aliphatic heterocycles. The van der Waals surface area contributed by atoms with Gasteiger partial charge >= 0.3 is 0 Å². The molecular formula is C16H19BrN2O. The van der Waals surface area contributed by atoms with Gasteiger partial charge in [0.2, 0.25) is 0 Å². The Morgan fingerprint density at radius 1 is 1.25 bits per heavy atom. The van der Waals surface area contributed by atoms with E-state index >= 15 is 0 Å². The molecule has 0 aliphatic carbocycles. The van der Waals surface area contributed by atoms with E-state index in [4.69, 9.17) is 4.74 Å². The molecule has 3 nitrogen and oxygen atoms in total. The number of rotatable bonds is 7. The minimum Gasteiger partial charge on any atom is -0.492 e. The summed E-state index contributed by atoms with van der Waals surface area (Å²) >= 11 is 3.56. The summed E-state index contributed by atoms with van der Waals surface area (Å²) in [5.41, 5.74) is 2.44. The van der Waals surface area contributed by atoms with E-state index in [0.717, 1.165) is 29.7 Å². The van der Waals surface area contributed by atoms with Crippen LogP contribution in [0.2, 0.25) is 0 Å². The summed E-state index contributed by atoms with van der Waals surface area (Å²) < 4.78 is 6.80. The van der Waals surface area contributed by atoms with Crippen LogP contribution in [0.5, 0.6) is 5.75 Å². The van der Waals surface area contributed by atoms with Crippen molar-refractivity contribution in [2.45, 2.75) is 19.9 Å². The molecule has 106 valence electrons. The predicted octanol–water partition coefficient (Wildman–Crippen LogP) is 3.58. The zero-order valence-corrected chi connectivity index (χ0v) is 13.2. The van der Waals surface area contributed by atoms with Gasteiger partial charge in [-0.3, -0.25) is 4.98 Å². The van der Waals surface area contributed by atoms with E-state index in [0.29, 0.717) is 6.61 Å². The first-order valence-corrected chi connectivity index (χ1v) is 7.59. The molecule has 1 N–H and O–H groups in total. The van der Waals surface area contributed by atoms with Crippen molar-refractivity contribution in [1.29, 1.82) is 0 Å². The van der Waals surface area contributed by atoms with Crippen molar-refractivity contribution < 1.29 is 4.74 Å². The smallest absolute Gasteiger partial charge is 0.133 e. The summed E-state index contributed by atoms with van der Waals surface area (Å²) in [5.74, 6) is 0.883. The maximum absolute atomic E-state index is 5.81. The van der Waals surface area contributed by atoms with Crippen molar-refractivity contribution in [2.24, 2.45) is 0 Å². The minimum atomic E-state index is 0.650. The van der Waals surface area contributed by atoms with Gasteiger partial charge in [0, 0.05) is 25.4 Å². The monoisotopic (exact) mass is 334 g/mol. The second-order valence-electron chi connectivity index (χ2n) is 4.50. The highest BCUT2D eigenvalue weighted by atomic mass is 79.9. The third kappa shape index (κ3) is 4.62. The molecule has 1 aromatic heterocycles. The molecule has 0 bridgehead atoms. The molecule has 1 aromatic carbocycles. The SMILES string of the molecule is CCNCc1ccc(OCCc2cccnc2)c(Br)c1. The summed E-state index contributed by atoms with van der Waals surface area (Å²) in [6.07, 6.45) is 4.52. The van der Waals surface area contributed by atoms with Gasteiger partial charge in [-0.1, -0.05) is 19.1 Å². The van der Waals surface area contributed by atoms with E-state index < -0.39 is 0 Å². The molecule has 2 rings (SSSR count). The molecular weight excluding hydrogens is 316 g/mol. The van der Waals surface area contributed by atoms with Crippen molar-refractivity contribution in [2.75, 3.05) is 13.2 Å². The average molecular weight is 335 g/mol. The molecule has 0 spiro atoms. The van der Waals surface area contributed by atoms with Crippen LogP contribution in [0.4, 0.5) is 0 Å². The molecule has 0 saturated heterocycles. The molecule has 0 amide bonds. The van der Waals surface area contributed by atoms with E-state index in [1.807, 2.05) is 18.3 Å². The molecule has 4 heteroatoms. The summed E-state index contributed by atoms with van der Waals surface area (Å²) in [7, 11) is 0. The number of pyridine rings is 1. The van der Waals surface area contributed by atoms with Crippen molar-refractivity contribution in [3.8, 4) is 5.75 Å². The number of hydrogen-bond donors (Lipinski definition) is 1. The molecule has 0 aliphatic rings. The Labute approximate surface area is 128 Å². The van der Waals surface area contributed by atoms with Crippen molar-refractivity contribution in [3.05, 3.63) is 58.3 Å². The predicted molar refractivity (Wildman–Crippen MR) is 85.0 cm³/mol. The number of hydrogen-bond acceptors (Lipinski definition) is 3. The van der Waals surface area contributed by atoms with Gasteiger partial charge in [-0.2, -0.15) is 0 Å². The molecule has 0 radical (unpaired) electrons. The second-order valence-corrected chi connectivity index (χ2v) is 5.36. The molecule has 2 aromatic rings. The molecule has 20 heavy (non-hydrogen) atoms. The van der Waals surface area contributed by atoms with Crippen LogP contribution in [-0.4, -0.2) is 18.1 Å². The fraction of sp³-hybridized carbons (Fsp3) is 0.312. The van der Waals surface area contributed by atoms with Crippen LogP contribution in [0, 0.1) is 0 Å². The lowest BCUT2D eigenvalue weighted by Gasteiger charge is -2.10. The van der Waals surface area contributed by atoms with Gasteiger partial charge < -0.3 is 10.1 Å². The van der Waals surface area contributed by atoms with Crippen LogP contribution in [0.25, 0.3) is 0 Å². The third-order valence-electron chi connectivity index (χ3n) is 2.95. The highest BCUT2D eigenvalue weighted by Crippen LogP contribution is 2.26.